The number of hydrogen-bond donors (Lipinski definition) is 1. The Hall–Kier alpha value is -2.77. The first-order valence-electron chi connectivity index (χ1n) is 9.60. The molecule has 0 radical (unpaired) electrons. The maximum atomic E-state index is 12.7. The van der Waals surface area contributed by atoms with Gasteiger partial charge in [-0.15, -0.1) is 0 Å². The molecule has 1 aliphatic rings. The summed E-state index contributed by atoms with van der Waals surface area (Å²) in [5, 5.41) is 2.96. The van der Waals surface area contributed by atoms with E-state index in [4.69, 9.17) is 18.9 Å². The first kappa shape index (κ1) is 21.0. The molecule has 1 saturated heterocycles. The zero-order valence-electron chi connectivity index (χ0n) is 17.2. The minimum Gasteiger partial charge on any atom is -0.493 e. The van der Waals surface area contributed by atoms with Crippen molar-refractivity contribution < 1.29 is 23.7 Å². The minimum absolute atomic E-state index is 0.123. The predicted molar refractivity (Wildman–Crippen MR) is 110 cm³/mol. The fraction of sp³-hybridized carbons (Fsp3) is 0.409. The molecule has 2 aromatic rings. The lowest BCUT2D eigenvalue weighted by atomic mass is 10.1. The molecule has 0 aliphatic carbocycles. The van der Waals surface area contributed by atoms with Gasteiger partial charge in [-0.1, -0.05) is 12.1 Å². The number of amides is 1. The van der Waals surface area contributed by atoms with Gasteiger partial charge in [0.05, 0.1) is 34.5 Å². The van der Waals surface area contributed by atoms with Crippen molar-refractivity contribution in [3.8, 4) is 17.2 Å². The molecule has 1 amide bonds. The molecule has 3 rings (SSSR count). The summed E-state index contributed by atoms with van der Waals surface area (Å²) in [6.07, 6.45) is 0. The molecule has 1 N–H and O–H groups in total. The number of methoxy groups -OCH3 is 3. The molecular formula is C22H28N2O5. The number of rotatable bonds is 8. The Kier molecular flexibility index (Phi) is 7.32. The van der Waals surface area contributed by atoms with E-state index in [0.29, 0.717) is 29.4 Å². The average Bonchev–Trinajstić information content (AvgIpc) is 2.77. The van der Waals surface area contributed by atoms with Crippen LogP contribution in [0, 0.1) is 0 Å². The van der Waals surface area contributed by atoms with E-state index in [1.54, 1.807) is 21.3 Å². The van der Waals surface area contributed by atoms with Crippen molar-refractivity contribution in [2.75, 3.05) is 47.6 Å². The number of nitrogens with zero attached hydrogens (tertiary/aromatic N) is 1. The number of nitrogens with one attached hydrogen (secondary N) is 1. The van der Waals surface area contributed by atoms with E-state index in [1.165, 1.54) is 0 Å². The van der Waals surface area contributed by atoms with Gasteiger partial charge in [0.2, 0.25) is 5.75 Å². The van der Waals surface area contributed by atoms with Crippen LogP contribution in [0.5, 0.6) is 17.2 Å². The Morgan fingerprint density at radius 2 is 1.69 bits per heavy atom. The standard InChI is InChI=1S/C22H28N2O5/c1-26-19-12-17(13-20(27-2)21(19)28-3)14-23-22(25)18-6-4-5-16(11-18)15-24-7-9-29-10-8-24/h4-6,11-13H,7-10,14-15H2,1-3H3,(H,23,25). The first-order valence-corrected chi connectivity index (χ1v) is 9.60. The fourth-order valence-corrected chi connectivity index (χ4v) is 3.35. The highest BCUT2D eigenvalue weighted by Crippen LogP contribution is 2.38. The summed E-state index contributed by atoms with van der Waals surface area (Å²) in [5.41, 5.74) is 2.62. The summed E-state index contributed by atoms with van der Waals surface area (Å²) in [7, 11) is 4.70. The third-order valence-electron chi connectivity index (χ3n) is 4.88. The molecule has 1 fully saturated rings. The number of carbonyl (C=O) groups is 1. The molecule has 7 heteroatoms. The van der Waals surface area contributed by atoms with Crippen LogP contribution in [-0.4, -0.2) is 58.4 Å². The molecule has 0 saturated carbocycles. The third kappa shape index (κ3) is 5.40. The maximum absolute atomic E-state index is 12.7. The maximum Gasteiger partial charge on any atom is 0.251 e. The third-order valence-corrected chi connectivity index (χ3v) is 4.88. The summed E-state index contributed by atoms with van der Waals surface area (Å²) in [4.78, 5) is 15.0. The Morgan fingerprint density at radius 3 is 2.31 bits per heavy atom. The lowest BCUT2D eigenvalue weighted by Crippen LogP contribution is -2.35. The molecule has 0 atom stereocenters. The monoisotopic (exact) mass is 400 g/mol. The highest BCUT2D eigenvalue weighted by atomic mass is 16.5. The molecule has 156 valence electrons. The highest BCUT2D eigenvalue weighted by molar-refractivity contribution is 5.94. The van der Waals surface area contributed by atoms with Crippen LogP contribution in [0.1, 0.15) is 21.5 Å². The van der Waals surface area contributed by atoms with E-state index in [-0.39, 0.29) is 5.91 Å². The van der Waals surface area contributed by atoms with Gasteiger partial charge in [0.15, 0.2) is 11.5 Å². The van der Waals surface area contributed by atoms with Crippen LogP contribution in [0.4, 0.5) is 0 Å². The number of benzene rings is 2. The molecule has 1 heterocycles. The molecular weight excluding hydrogens is 372 g/mol. The Bertz CT molecular complexity index is 809. The second-order valence-corrected chi connectivity index (χ2v) is 6.81. The van der Waals surface area contributed by atoms with Gasteiger partial charge in [-0.2, -0.15) is 0 Å². The van der Waals surface area contributed by atoms with E-state index in [1.807, 2.05) is 36.4 Å². The lowest BCUT2D eigenvalue weighted by Gasteiger charge is -2.26. The molecule has 0 aromatic heterocycles. The Labute approximate surface area is 171 Å². The molecule has 1 aliphatic heterocycles. The largest absolute Gasteiger partial charge is 0.493 e. The van der Waals surface area contributed by atoms with E-state index in [2.05, 4.69) is 10.2 Å². The highest BCUT2D eigenvalue weighted by Gasteiger charge is 2.15. The first-order chi connectivity index (χ1) is 14.1. The average molecular weight is 400 g/mol. The lowest BCUT2D eigenvalue weighted by molar-refractivity contribution is 0.0342. The quantitative estimate of drug-likeness (QED) is 0.734. The van der Waals surface area contributed by atoms with E-state index < -0.39 is 0 Å². The van der Waals surface area contributed by atoms with Crippen LogP contribution in [0.3, 0.4) is 0 Å². The van der Waals surface area contributed by atoms with Crippen molar-refractivity contribution in [1.29, 1.82) is 0 Å². The normalized spacial score (nSPS) is 14.3. The number of hydrogen-bond acceptors (Lipinski definition) is 6. The van der Waals surface area contributed by atoms with Gasteiger partial charge >= 0.3 is 0 Å². The summed E-state index contributed by atoms with van der Waals surface area (Å²) in [6, 6.07) is 11.4. The van der Waals surface area contributed by atoms with E-state index in [9.17, 15) is 4.79 Å². The number of carbonyl (C=O) groups excluding carboxylic acids is 1. The Morgan fingerprint density at radius 1 is 1.00 bits per heavy atom. The summed E-state index contributed by atoms with van der Waals surface area (Å²) in [5.74, 6) is 1.52. The van der Waals surface area contributed by atoms with Crippen LogP contribution in [0.2, 0.25) is 0 Å². The smallest absolute Gasteiger partial charge is 0.251 e. The summed E-state index contributed by atoms with van der Waals surface area (Å²) >= 11 is 0. The predicted octanol–water partition coefficient (Wildman–Crippen LogP) is 2.47. The van der Waals surface area contributed by atoms with E-state index >= 15 is 0 Å². The second-order valence-electron chi connectivity index (χ2n) is 6.81. The van der Waals surface area contributed by atoms with Gasteiger partial charge in [-0.05, 0) is 35.4 Å². The summed E-state index contributed by atoms with van der Waals surface area (Å²) in [6.45, 7) is 4.51. The fourth-order valence-electron chi connectivity index (χ4n) is 3.35. The van der Waals surface area contributed by atoms with Crippen molar-refractivity contribution in [3.63, 3.8) is 0 Å². The molecule has 0 bridgehead atoms. The minimum atomic E-state index is -0.123. The van der Waals surface area contributed by atoms with Gasteiger partial charge < -0.3 is 24.3 Å². The van der Waals surface area contributed by atoms with Crippen molar-refractivity contribution in [3.05, 3.63) is 53.1 Å². The summed E-state index contributed by atoms with van der Waals surface area (Å²) < 4.78 is 21.5. The molecule has 2 aromatic carbocycles. The van der Waals surface area contributed by atoms with Crippen molar-refractivity contribution in [1.82, 2.24) is 10.2 Å². The second kappa shape index (κ2) is 10.1. The van der Waals surface area contributed by atoms with Gasteiger partial charge in [0.25, 0.3) is 5.91 Å². The zero-order valence-corrected chi connectivity index (χ0v) is 17.2. The van der Waals surface area contributed by atoms with Gasteiger partial charge in [0, 0.05) is 31.7 Å². The molecule has 0 unspecified atom stereocenters. The van der Waals surface area contributed by atoms with Gasteiger partial charge in [0.1, 0.15) is 0 Å². The van der Waals surface area contributed by atoms with Crippen LogP contribution < -0.4 is 19.5 Å². The van der Waals surface area contributed by atoms with Gasteiger partial charge in [-0.3, -0.25) is 9.69 Å². The molecule has 29 heavy (non-hydrogen) atoms. The van der Waals surface area contributed by atoms with Crippen LogP contribution in [-0.2, 0) is 17.8 Å². The van der Waals surface area contributed by atoms with Crippen molar-refractivity contribution in [2.45, 2.75) is 13.1 Å². The number of ether oxygens (including phenoxy) is 4. The Balaban J connectivity index is 1.65. The SMILES string of the molecule is COc1cc(CNC(=O)c2cccc(CN3CCOCC3)c2)cc(OC)c1OC. The van der Waals surface area contributed by atoms with Crippen LogP contribution in [0.15, 0.2) is 36.4 Å². The van der Waals surface area contributed by atoms with Gasteiger partial charge in [-0.25, -0.2) is 0 Å². The molecule has 0 spiro atoms. The van der Waals surface area contributed by atoms with Crippen molar-refractivity contribution >= 4 is 5.91 Å². The van der Waals surface area contributed by atoms with E-state index in [0.717, 1.165) is 44.0 Å². The number of morpholine rings is 1. The zero-order chi connectivity index (χ0) is 20.6. The van der Waals surface area contributed by atoms with Crippen molar-refractivity contribution in [2.24, 2.45) is 0 Å². The molecule has 7 nitrogen and oxygen atoms in total. The topological polar surface area (TPSA) is 69.3 Å². The van der Waals surface area contributed by atoms with Crippen LogP contribution >= 0.6 is 0 Å². The van der Waals surface area contributed by atoms with Crippen LogP contribution in [0.25, 0.3) is 0 Å².